The minimum atomic E-state index is -0.339. The summed E-state index contributed by atoms with van der Waals surface area (Å²) in [7, 11) is 1.88. The molecule has 3 nitrogen and oxygen atoms in total. The van der Waals surface area contributed by atoms with E-state index in [0.29, 0.717) is 0 Å². The molecule has 2 rings (SSSR count). The lowest BCUT2D eigenvalue weighted by molar-refractivity contribution is -0.124. The van der Waals surface area contributed by atoms with Gasteiger partial charge in [-0.1, -0.05) is 31.0 Å². The van der Waals surface area contributed by atoms with E-state index in [1.54, 1.807) is 4.90 Å². The van der Waals surface area contributed by atoms with Crippen molar-refractivity contribution < 1.29 is 4.79 Å². The molecule has 0 saturated carbocycles. The van der Waals surface area contributed by atoms with Crippen molar-refractivity contribution in [2.75, 3.05) is 18.5 Å². The molecule has 3 heteroatoms. The molecular formula is C16H24N2O. The molecule has 19 heavy (non-hydrogen) atoms. The number of carbonyl (C=O) groups excluding carboxylic acids is 1. The molecule has 1 heterocycles. The van der Waals surface area contributed by atoms with Crippen LogP contribution in [0.15, 0.2) is 24.3 Å². The Morgan fingerprint density at radius 3 is 2.58 bits per heavy atom. The Labute approximate surface area is 116 Å². The van der Waals surface area contributed by atoms with Gasteiger partial charge in [0, 0.05) is 12.7 Å². The molecule has 1 aliphatic heterocycles. The molecule has 1 aromatic rings. The summed E-state index contributed by atoms with van der Waals surface area (Å²) in [4.78, 5) is 14.6. The molecule has 1 saturated heterocycles. The molecule has 1 N–H and O–H groups in total. The maximum atomic E-state index is 12.8. The molecule has 1 atom stereocenters. The second-order valence-electron chi connectivity index (χ2n) is 5.56. The first-order chi connectivity index (χ1) is 9.09. The minimum absolute atomic E-state index is 0.204. The first-order valence-electron chi connectivity index (χ1n) is 7.19. The van der Waals surface area contributed by atoms with Gasteiger partial charge in [0.1, 0.15) is 0 Å². The number of hydrogen-bond donors (Lipinski definition) is 1. The van der Waals surface area contributed by atoms with E-state index in [2.05, 4.69) is 19.2 Å². The number of likely N-dealkylation sites (N-methyl/N-ethyl adjacent to an activating group) is 1. The molecule has 0 aromatic heterocycles. The van der Waals surface area contributed by atoms with Crippen LogP contribution in [0.3, 0.4) is 0 Å². The molecular weight excluding hydrogens is 236 g/mol. The van der Waals surface area contributed by atoms with E-state index in [4.69, 9.17) is 0 Å². The largest absolute Gasteiger partial charge is 0.314 e. The van der Waals surface area contributed by atoms with Crippen molar-refractivity contribution in [3.63, 3.8) is 0 Å². The molecule has 0 spiro atoms. The molecule has 1 fully saturated rings. The lowest BCUT2D eigenvalue weighted by Gasteiger charge is -2.32. The van der Waals surface area contributed by atoms with Crippen LogP contribution in [-0.2, 0) is 4.79 Å². The number of nitrogens with one attached hydrogen (secondary N) is 1. The van der Waals surface area contributed by atoms with Crippen LogP contribution in [0.2, 0.25) is 0 Å². The van der Waals surface area contributed by atoms with Gasteiger partial charge in [-0.15, -0.1) is 0 Å². The first-order valence-corrected chi connectivity index (χ1v) is 7.19. The lowest BCUT2D eigenvalue weighted by Crippen LogP contribution is -2.54. The molecule has 1 aliphatic rings. The van der Waals surface area contributed by atoms with Crippen molar-refractivity contribution in [1.82, 2.24) is 5.32 Å². The van der Waals surface area contributed by atoms with E-state index in [-0.39, 0.29) is 11.4 Å². The van der Waals surface area contributed by atoms with Gasteiger partial charge in [-0.05, 0) is 44.9 Å². The fourth-order valence-corrected chi connectivity index (χ4v) is 2.94. The van der Waals surface area contributed by atoms with Crippen LogP contribution in [0.25, 0.3) is 0 Å². The topological polar surface area (TPSA) is 32.3 Å². The van der Waals surface area contributed by atoms with Crippen molar-refractivity contribution in [3.05, 3.63) is 29.8 Å². The second kappa shape index (κ2) is 5.74. The van der Waals surface area contributed by atoms with Gasteiger partial charge < -0.3 is 10.2 Å². The van der Waals surface area contributed by atoms with Gasteiger partial charge in [0.05, 0.1) is 5.54 Å². The van der Waals surface area contributed by atoms with Crippen LogP contribution in [-0.4, -0.2) is 25.0 Å². The van der Waals surface area contributed by atoms with E-state index < -0.39 is 0 Å². The number of rotatable bonds is 4. The van der Waals surface area contributed by atoms with Crippen LogP contribution in [0, 0.1) is 6.92 Å². The fourth-order valence-electron chi connectivity index (χ4n) is 2.94. The molecule has 1 aromatic carbocycles. The Morgan fingerprint density at radius 2 is 2.05 bits per heavy atom. The van der Waals surface area contributed by atoms with E-state index in [1.165, 1.54) is 5.56 Å². The normalized spacial score (nSPS) is 22.5. The Hall–Kier alpha value is -1.35. The van der Waals surface area contributed by atoms with Gasteiger partial charge in [0.15, 0.2) is 0 Å². The van der Waals surface area contributed by atoms with Gasteiger partial charge in [-0.2, -0.15) is 0 Å². The van der Waals surface area contributed by atoms with Crippen molar-refractivity contribution >= 4 is 11.6 Å². The maximum absolute atomic E-state index is 12.8. The average molecular weight is 260 g/mol. The van der Waals surface area contributed by atoms with Crippen LogP contribution < -0.4 is 10.2 Å². The van der Waals surface area contributed by atoms with Gasteiger partial charge in [0.2, 0.25) is 5.91 Å². The molecule has 1 unspecified atom stereocenters. The highest BCUT2D eigenvalue weighted by molar-refractivity contribution is 6.00. The molecule has 1 amide bonds. The highest BCUT2D eigenvalue weighted by Gasteiger charge is 2.41. The standard InChI is InChI=1S/C16H24N2O/c1-4-10-16(11-5-12-17-16)15(19)18(3)14-8-6-13(2)7-9-14/h6-9,17H,4-5,10-12H2,1-3H3. The molecule has 0 radical (unpaired) electrons. The van der Waals surface area contributed by atoms with Gasteiger partial charge in [-0.25, -0.2) is 0 Å². The summed E-state index contributed by atoms with van der Waals surface area (Å²) in [6, 6.07) is 8.13. The summed E-state index contributed by atoms with van der Waals surface area (Å²) in [5.41, 5.74) is 1.85. The Bertz CT molecular complexity index is 433. The highest BCUT2D eigenvalue weighted by atomic mass is 16.2. The third kappa shape index (κ3) is 2.81. The summed E-state index contributed by atoms with van der Waals surface area (Å²) in [6.07, 6.45) is 3.99. The van der Waals surface area contributed by atoms with Crippen LogP contribution >= 0.6 is 0 Å². The molecule has 104 valence electrons. The summed E-state index contributed by atoms with van der Waals surface area (Å²) >= 11 is 0. The van der Waals surface area contributed by atoms with E-state index >= 15 is 0 Å². The van der Waals surface area contributed by atoms with Crippen molar-refractivity contribution in [2.24, 2.45) is 0 Å². The Morgan fingerprint density at radius 1 is 1.37 bits per heavy atom. The monoisotopic (exact) mass is 260 g/mol. The summed E-state index contributed by atoms with van der Waals surface area (Å²) < 4.78 is 0. The lowest BCUT2D eigenvalue weighted by atomic mass is 9.90. The summed E-state index contributed by atoms with van der Waals surface area (Å²) in [5.74, 6) is 0.204. The second-order valence-corrected chi connectivity index (χ2v) is 5.56. The third-order valence-electron chi connectivity index (χ3n) is 4.06. The number of carbonyl (C=O) groups is 1. The Balaban J connectivity index is 2.19. The zero-order valence-corrected chi connectivity index (χ0v) is 12.2. The first kappa shape index (κ1) is 14.1. The zero-order valence-electron chi connectivity index (χ0n) is 12.2. The number of hydrogen-bond acceptors (Lipinski definition) is 2. The smallest absolute Gasteiger partial charge is 0.247 e. The number of anilines is 1. The van der Waals surface area contributed by atoms with Gasteiger partial charge in [-0.3, -0.25) is 4.79 Å². The van der Waals surface area contributed by atoms with Gasteiger partial charge in [0.25, 0.3) is 0 Å². The number of nitrogens with zero attached hydrogens (tertiary/aromatic N) is 1. The minimum Gasteiger partial charge on any atom is -0.314 e. The number of aryl methyl sites for hydroxylation is 1. The average Bonchev–Trinajstić information content (AvgIpc) is 2.88. The zero-order chi connectivity index (χ0) is 13.9. The van der Waals surface area contributed by atoms with Crippen LogP contribution in [0.4, 0.5) is 5.69 Å². The SMILES string of the molecule is CCCC1(C(=O)N(C)c2ccc(C)cc2)CCCN1. The fraction of sp³-hybridized carbons (Fsp3) is 0.562. The van der Waals surface area contributed by atoms with E-state index in [1.807, 2.05) is 31.3 Å². The maximum Gasteiger partial charge on any atom is 0.247 e. The number of amides is 1. The van der Waals surface area contributed by atoms with Gasteiger partial charge >= 0.3 is 0 Å². The van der Waals surface area contributed by atoms with E-state index in [0.717, 1.165) is 37.9 Å². The summed E-state index contributed by atoms with van der Waals surface area (Å²) in [5, 5.41) is 3.44. The predicted molar refractivity (Wildman–Crippen MR) is 79.5 cm³/mol. The predicted octanol–water partition coefficient (Wildman–Crippen LogP) is 2.88. The van der Waals surface area contributed by atoms with Crippen molar-refractivity contribution in [3.8, 4) is 0 Å². The van der Waals surface area contributed by atoms with Crippen LogP contribution in [0.5, 0.6) is 0 Å². The van der Waals surface area contributed by atoms with Crippen molar-refractivity contribution in [2.45, 2.75) is 45.1 Å². The third-order valence-corrected chi connectivity index (χ3v) is 4.06. The molecule has 0 aliphatic carbocycles. The Kier molecular flexibility index (Phi) is 4.25. The van der Waals surface area contributed by atoms with Crippen LogP contribution in [0.1, 0.15) is 38.2 Å². The quantitative estimate of drug-likeness (QED) is 0.903. The molecule has 0 bridgehead atoms. The number of benzene rings is 1. The van der Waals surface area contributed by atoms with Crippen molar-refractivity contribution in [1.29, 1.82) is 0 Å². The summed E-state index contributed by atoms with van der Waals surface area (Å²) in [6.45, 7) is 5.15. The highest BCUT2D eigenvalue weighted by Crippen LogP contribution is 2.28. The van der Waals surface area contributed by atoms with E-state index in [9.17, 15) is 4.79 Å².